The molecular formula is C34H49ClN6O3. The highest BCUT2D eigenvalue weighted by Crippen LogP contribution is 2.45. The minimum Gasteiger partial charge on any atom is -0.492 e. The van der Waals surface area contributed by atoms with Crippen molar-refractivity contribution in [1.82, 2.24) is 10.2 Å². The Morgan fingerprint density at radius 3 is 2.68 bits per heavy atom. The van der Waals surface area contributed by atoms with E-state index in [2.05, 4.69) is 46.1 Å². The normalized spacial score (nSPS) is 22.8. The van der Waals surface area contributed by atoms with E-state index in [1.165, 1.54) is 6.42 Å². The van der Waals surface area contributed by atoms with E-state index in [1.807, 2.05) is 51.4 Å². The number of rotatable bonds is 14. The molecule has 1 saturated heterocycles. The van der Waals surface area contributed by atoms with E-state index in [1.54, 1.807) is 0 Å². The van der Waals surface area contributed by atoms with Crippen molar-refractivity contribution in [2.24, 2.45) is 11.8 Å². The van der Waals surface area contributed by atoms with Gasteiger partial charge in [0.1, 0.15) is 18.1 Å². The first kappa shape index (κ1) is 33.7. The van der Waals surface area contributed by atoms with Gasteiger partial charge in [0.2, 0.25) is 5.91 Å². The number of hydrogen-bond donors (Lipinski definition) is 4. The van der Waals surface area contributed by atoms with Crippen molar-refractivity contribution in [2.75, 3.05) is 56.3 Å². The molecule has 5 atom stereocenters. The molecule has 0 bridgehead atoms. The Bertz CT molecular complexity index is 1300. The first-order valence-corrected chi connectivity index (χ1v) is 16.4. The van der Waals surface area contributed by atoms with Crippen molar-refractivity contribution < 1.29 is 14.3 Å². The summed E-state index contributed by atoms with van der Waals surface area (Å²) in [6, 6.07) is 12.1. The summed E-state index contributed by atoms with van der Waals surface area (Å²) in [5.74, 6) is 1.51. The van der Waals surface area contributed by atoms with Gasteiger partial charge in [-0.05, 0) is 90.0 Å². The highest BCUT2D eigenvalue weighted by Gasteiger charge is 2.37. The zero-order chi connectivity index (χ0) is 31.6. The Morgan fingerprint density at radius 2 is 2.00 bits per heavy atom. The summed E-state index contributed by atoms with van der Waals surface area (Å²) < 4.78 is 12.1. The maximum absolute atomic E-state index is 12.9. The summed E-state index contributed by atoms with van der Waals surface area (Å²) in [4.78, 5) is 15.0. The SMILES string of the molecule is CCCC1Nc2cc(OCC)c(NC(=O)CCCN(C)C)cc2C(Nc2ccc(OCC3CC(C)CCN3)c(Cl)c2)C1C#N. The van der Waals surface area contributed by atoms with Gasteiger partial charge in [0.05, 0.1) is 35.3 Å². The Balaban J connectivity index is 1.59. The van der Waals surface area contributed by atoms with Crippen LogP contribution < -0.4 is 30.7 Å². The summed E-state index contributed by atoms with van der Waals surface area (Å²) >= 11 is 6.71. The van der Waals surface area contributed by atoms with Crippen LogP contribution in [0.3, 0.4) is 0 Å². The molecule has 0 aliphatic carbocycles. The van der Waals surface area contributed by atoms with E-state index in [0.717, 1.165) is 55.7 Å². The molecule has 2 aromatic carbocycles. The van der Waals surface area contributed by atoms with Gasteiger partial charge in [-0.25, -0.2) is 0 Å². The summed E-state index contributed by atoms with van der Waals surface area (Å²) in [6.45, 7) is 9.20. The molecule has 44 heavy (non-hydrogen) atoms. The van der Waals surface area contributed by atoms with Gasteiger partial charge in [-0.1, -0.05) is 31.9 Å². The lowest BCUT2D eigenvalue weighted by Gasteiger charge is -2.38. The monoisotopic (exact) mass is 624 g/mol. The first-order chi connectivity index (χ1) is 21.2. The predicted molar refractivity (Wildman–Crippen MR) is 179 cm³/mol. The number of carbonyl (C=O) groups is 1. The fourth-order valence-electron chi connectivity index (χ4n) is 6.16. The van der Waals surface area contributed by atoms with Gasteiger partial charge in [-0.15, -0.1) is 0 Å². The smallest absolute Gasteiger partial charge is 0.224 e. The van der Waals surface area contributed by atoms with Gasteiger partial charge >= 0.3 is 0 Å². The van der Waals surface area contributed by atoms with Gasteiger partial charge in [-0.3, -0.25) is 4.79 Å². The van der Waals surface area contributed by atoms with Gasteiger partial charge < -0.3 is 35.6 Å². The quantitative estimate of drug-likeness (QED) is 0.184. The van der Waals surface area contributed by atoms with Crippen LogP contribution in [-0.4, -0.2) is 63.3 Å². The highest BCUT2D eigenvalue weighted by molar-refractivity contribution is 6.32. The minimum atomic E-state index is -0.363. The number of nitrogens with one attached hydrogen (secondary N) is 4. The second kappa shape index (κ2) is 16.2. The Hall–Kier alpha value is -3.19. The number of benzene rings is 2. The summed E-state index contributed by atoms with van der Waals surface area (Å²) in [5.41, 5.74) is 3.18. The molecule has 2 aromatic rings. The molecule has 1 amide bonds. The number of halogens is 1. The lowest BCUT2D eigenvalue weighted by Crippen LogP contribution is -2.41. The molecule has 2 heterocycles. The molecule has 240 valence electrons. The molecule has 0 aromatic heterocycles. The summed E-state index contributed by atoms with van der Waals surface area (Å²) in [7, 11) is 3.99. The molecule has 4 rings (SSSR count). The number of ether oxygens (including phenoxy) is 2. The number of fused-ring (bicyclic) bond motifs is 1. The van der Waals surface area contributed by atoms with Crippen LogP contribution in [0.15, 0.2) is 30.3 Å². The van der Waals surface area contributed by atoms with Crippen molar-refractivity contribution in [2.45, 2.75) is 77.4 Å². The number of piperidine rings is 1. The fourth-order valence-corrected chi connectivity index (χ4v) is 6.39. The fraction of sp³-hybridized carbons (Fsp3) is 0.588. The van der Waals surface area contributed by atoms with Crippen molar-refractivity contribution in [3.63, 3.8) is 0 Å². The van der Waals surface area contributed by atoms with Crippen LogP contribution in [0.25, 0.3) is 0 Å². The van der Waals surface area contributed by atoms with Crippen LogP contribution in [0.5, 0.6) is 11.5 Å². The molecule has 4 N–H and O–H groups in total. The highest BCUT2D eigenvalue weighted by atomic mass is 35.5. The van der Waals surface area contributed by atoms with Crippen molar-refractivity contribution in [1.29, 1.82) is 5.26 Å². The second-order valence-corrected chi connectivity index (χ2v) is 12.8. The average molecular weight is 625 g/mol. The maximum Gasteiger partial charge on any atom is 0.224 e. The molecule has 9 nitrogen and oxygen atoms in total. The third-order valence-electron chi connectivity index (χ3n) is 8.40. The molecule has 0 saturated carbocycles. The standard InChI is InChI=1S/C34H49ClN6O3/c1-6-9-28-26(20-36)34(38-23-11-12-31(27(35)17-23)44-21-24-16-22(3)13-14-37-24)25-18-30(32(43-7-2)19-29(25)39-28)40-33(42)10-8-15-41(4)5/h11-12,17-19,22,24,26,28,34,37-39H,6-10,13-16,21H2,1-5H3,(H,40,42). The molecule has 2 aliphatic heterocycles. The van der Waals surface area contributed by atoms with Gasteiger partial charge in [-0.2, -0.15) is 5.26 Å². The van der Waals surface area contributed by atoms with Gasteiger partial charge in [0.25, 0.3) is 0 Å². The lowest BCUT2D eigenvalue weighted by molar-refractivity contribution is -0.116. The van der Waals surface area contributed by atoms with Crippen molar-refractivity contribution >= 4 is 34.6 Å². The number of anilines is 3. The average Bonchev–Trinajstić information content (AvgIpc) is 2.97. The van der Waals surface area contributed by atoms with E-state index < -0.39 is 0 Å². The minimum absolute atomic E-state index is 0.0561. The van der Waals surface area contributed by atoms with Crippen LogP contribution in [-0.2, 0) is 4.79 Å². The van der Waals surface area contributed by atoms with Gasteiger partial charge in [0.15, 0.2) is 0 Å². The third kappa shape index (κ3) is 8.93. The largest absolute Gasteiger partial charge is 0.492 e. The third-order valence-corrected chi connectivity index (χ3v) is 8.70. The maximum atomic E-state index is 12.9. The zero-order valence-electron chi connectivity index (χ0n) is 26.8. The van der Waals surface area contributed by atoms with E-state index in [4.69, 9.17) is 21.1 Å². The molecule has 10 heteroatoms. The topological polar surface area (TPSA) is 111 Å². The summed E-state index contributed by atoms with van der Waals surface area (Å²) in [6.07, 6.45) is 5.21. The van der Waals surface area contributed by atoms with Crippen molar-refractivity contribution in [3.8, 4) is 17.6 Å². The van der Waals surface area contributed by atoms with Crippen molar-refractivity contribution in [3.05, 3.63) is 40.9 Å². The molecule has 0 spiro atoms. The first-order valence-electron chi connectivity index (χ1n) is 16.1. The number of hydrogen-bond acceptors (Lipinski definition) is 8. The van der Waals surface area contributed by atoms with Gasteiger partial charge in [0, 0.05) is 41.5 Å². The van der Waals surface area contributed by atoms with E-state index >= 15 is 0 Å². The van der Waals surface area contributed by atoms with Crippen LogP contribution >= 0.6 is 11.6 Å². The molecule has 5 unspecified atom stereocenters. The number of carbonyl (C=O) groups excluding carboxylic acids is 1. The Labute approximate surface area is 268 Å². The van der Waals surface area contributed by atoms with Crippen LogP contribution in [0.2, 0.25) is 5.02 Å². The van der Waals surface area contributed by atoms with Crippen LogP contribution in [0, 0.1) is 23.2 Å². The summed E-state index contributed by atoms with van der Waals surface area (Å²) in [5, 5.41) is 24.7. The molecule has 1 fully saturated rings. The number of amides is 1. The van der Waals surface area contributed by atoms with Crippen LogP contribution in [0.4, 0.5) is 17.1 Å². The van der Waals surface area contributed by atoms with E-state index in [9.17, 15) is 10.1 Å². The molecular weight excluding hydrogens is 576 g/mol. The van der Waals surface area contributed by atoms with E-state index in [-0.39, 0.29) is 23.9 Å². The Morgan fingerprint density at radius 1 is 1.18 bits per heavy atom. The zero-order valence-corrected chi connectivity index (χ0v) is 27.6. The van der Waals surface area contributed by atoms with Crippen LogP contribution in [0.1, 0.15) is 70.9 Å². The second-order valence-electron chi connectivity index (χ2n) is 12.4. The number of nitrogens with zero attached hydrogens (tertiary/aromatic N) is 2. The predicted octanol–water partition coefficient (Wildman–Crippen LogP) is 6.67. The lowest BCUT2D eigenvalue weighted by atomic mass is 9.81. The number of nitriles is 1. The van der Waals surface area contributed by atoms with E-state index in [0.29, 0.717) is 53.8 Å². The molecule has 2 aliphatic rings. The molecule has 0 radical (unpaired) electrons. The Kier molecular flexibility index (Phi) is 12.4.